The highest BCUT2D eigenvalue weighted by Gasteiger charge is 2.43. The lowest BCUT2D eigenvalue weighted by Crippen LogP contribution is -2.55. The number of ether oxygens (including phenoxy) is 2. The average Bonchev–Trinajstić information content (AvgIpc) is 2.40. The molecule has 6 nitrogen and oxygen atoms in total. The molecule has 0 radical (unpaired) electrons. The van der Waals surface area contributed by atoms with Crippen LogP contribution in [-0.4, -0.2) is 34.9 Å². The molecule has 0 bridgehead atoms. The van der Waals surface area contributed by atoms with Crippen LogP contribution in [0.5, 0.6) is 5.75 Å². The molecule has 1 aliphatic rings. The van der Waals surface area contributed by atoms with Crippen LogP contribution in [0.25, 0.3) is 0 Å². The Hall–Kier alpha value is -1.18. The largest absolute Gasteiger partial charge is 0.480 e. The number of hydrogen-bond donors (Lipinski definition) is 1. The molecule has 1 aromatic rings. The number of nitro groups is 1. The van der Waals surface area contributed by atoms with Gasteiger partial charge in [-0.05, 0) is 28.4 Å². The van der Waals surface area contributed by atoms with Gasteiger partial charge in [0.25, 0.3) is 0 Å². The van der Waals surface area contributed by atoms with Gasteiger partial charge in [0.15, 0.2) is 0 Å². The van der Waals surface area contributed by atoms with Gasteiger partial charge in [-0.2, -0.15) is 0 Å². The number of benzene rings is 1. The van der Waals surface area contributed by atoms with E-state index < -0.39 is 17.1 Å². The van der Waals surface area contributed by atoms with E-state index in [1.165, 1.54) is 6.07 Å². The summed E-state index contributed by atoms with van der Waals surface area (Å²) < 4.78 is 11.7. The van der Waals surface area contributed by atoms with E-state index in [1.54, 1.807) is 12.1 Å². The van der Waals surface area contributed by atoms with Crippen molar-refractivity contribution < 1.29 is 19.5 Å². The van der Waals surface area contributed by atoms with E-state index >= 15 is 0 Å². The molecule has 3 atom stereocenters. The summed E-state index contributed by atoms with van der Waals surface area (Å²) in [6.07, 6.45) is -0.124. The van der Waals surface area contributed by atoms with Crippen molar-refractivity contribution in [2.45, 2.75) is 38.1 Å². The molecule has 0 saturated heterocycles. The Bertz CT molecular complexity index is 496. The van der Waals surface area contributed by atoms with Gasteiger partial charge >= 0.3 is 5.69 Å². The molecule has 3 unspecified atom stereocenters. The molecule has 0 aliphatic heterocycles. The number of aliphatic hydroxyl groups excluding tert-OH is 1. The van der Waals surface area contributed by atoms with Crippen molar-refractivity contribution in [3.63, 3.8) is 0 Å². The van der Waals surface area contributed by atoms with E-state index in [4.69, 9.17) is 9.47 Å². The Morgan fingerprint density at radius 3 is 2.90 bits per heavy atom. The van der Waals surface area contributed by atoms with Crippen LogP contribution in [0.15, 0.2) is 22.7 Å². The van der Waals surface area contributed by atoms with E-state index in [0.29, 0.717) is 17.5 Å². The first kappa shape index (κ1) is 15.2. The summed E-state index contributed by atoms with van der Waals surface area (Å²) in [5.74, 6) is 0.180. The number of nitrogens with zero attached hydrogens (tertiary/aromatic N) is 1. The maximum absolute atomic E-state index is 11.0. The first-order chi connectivity index (χ1) is 9.54. The van der Waals surface area contributed by atoms with Gasteiger partial charge in [0, 0.05) is 19.1 Å². The Morgan fingerprint density at radius 1 is 1.55 bits per heavy atom. The fourth-order valence-corrected chi connectivity index (χ4v) is 2.50. The van der Waals surface area contributed by atoms with Gasteiger partial charge in [0.1, 0.15) is 12.2 Å². The third kappa shape index (κ3) is 3.11. The van der Waals surface area contributed by atoms with Gasteiger partial charge in [-0.25, -0.2) is 0 Å². The summed E-state index contributed by atoms with van der Waals surface area (Å²) in [5, 5.41) is 20.7. The maximum atomic E-state index is 11.0. The molecule has 1 saturated carbocycles. The van der Waals surface area contributed by atoms with Gasteiger partial charge < -0.3 is 14.6 Å². The highest BCUT2D eigenvalue weighted by Crippen LogP contribution is 2.38. The van der Waals surface area contributed by atoms with Crippen molar-refractivity contribution in [3.8, 4) is 5.75 Å². The fraction of sp³-hybridized carbons (Fsp3) is 0.538. The van der Waals surface area contributed by atoms with Crippen LogP contribution >= 0.6 is 15.9 Å². The smallest absolute Gasteiger partial charge is 0.312 e. The minimum absolute atomic E-state index is 0.102. The molecule has 1 aliphatic carbocycles. The molecule has 0 heterocycles. The molecule has 0 aromatic heterocycles. The molecule has 20 heavy (non-hydrogen) atoms. The molecule has 7 heteroatoms. The summed E-state index contributed by atoms with van der Waals surface area (Å²) in [6, 6.07) is 4.65. The van der Waals surface area contributed by atoms with E-state index in [9.17, 15) is 15.2 Å². The Morgan fingerprint density at radius 2 is 2.30 bits per heavy atom. The van der Waals surface area contributed by atoms with Gasteiger partial charge in [0.05, 0.1) is 15.5 Å². The van der Waals surface area contributed by atoms with Crippen LogP contribution in [-0.2, 0) is 4.74 Å². The number of rotatable bonds is 6. The van der Waals surface area contributed by atoms with Crippen LogP contribution in [0.1, 0.15) is 19.8 Å². The van der Waals surface area contributed by atoms with Crippen LogP contribution in [0.2, 0.25) is 0 Å². The molecule has 1 N–H and O–H groups in total. The molecule has 1 fully saturated rings. The normalized spacial score (nSPS) is 25.1. The molecule has 0 amide bonds. The van der Waals surface area contributed by atoms with Crippen molar-refractivity contribution in [1.82, 2.24) is 0 Å². The van der Waals surface area contributed by atoms with Crippen molar-refractivity contribution in [2.75, 3.05) is 6.61 Å². The van der Waals surface area contributed by atoms with Gasteiger partial charge in [0.2, 0.25) is 5.75 Å². The third-order valence-corrected chi connectivity index (χ3v) is 3.77. The van der Waals surface area contributed by atoms with Crippen LogP contribution in [0, 0.1) is 10.1 Å². The van der Waals surface area contributed by atoms with Crippen molar-refractivity contribution in [2.24, 2.45) is 0 Å². The zero-order valence-corrected chi connectivity index (χ0v) is 12.6. The fourth-order valence-electron chi connectivity index (χ4n) is 2.05. The molecule has 2 rings (SSSR count). The summed E-state index contributed by atoms with van der Waals surface area (Å²) in [4.78, 5) is 10.5. The predicted molar refractivity (Wildman–Crippen MR) is 75.9 cm³/mol. The number of halogens is 1. The van der Waals surface area contributed by atoms with Crippen LogP contribution < -0.4 is 4.74 Å². The topological polar surface area (TPSA) is 81.8 Å². The SMILES string of the molecule is CCCOC1C(O)CC1Oc1c(Br)cccc1[N+](=O)[O-]. The first-order valence-corrected chi connectivity index (χ1v) is 7.23. The highest BCUT2D eigenvalue weighted by atomic mass is 79.9. The minimum atomic E-state index is -0.576. The number of nitro benzene ring substituents is 1. The number of hydrogen-bond acceptors (Lipinski definition) is 5. The zero-order chi connectivity index (χ0) is 14.7. The summed E-state index contributed by atoms with van der Waals surface area (Å²) in [7, 11) is 0. The lowest BCUT2D eigenvalue weighted by Gasteiger charge is -2.40. The standard InChI is InChI=1S/C13H16BrNO5/c1-2-6-19-13-10(16)7-11(13)20-12-8(14)4-3-5-9(12)15(17)18/h3-5,10-11,13,16H,2,6-7H2,1H3. The van der Waals surface area contributed by atoms with E-state index in [-0.39, 0.29) is 17.5 Å². The van der Waals surface area contributed by atoms with Crippen molar-refractivity contribution >= 4 is 21.6 Å². The number of aliphatic hydroxyl groups is 1. The Balaban J connectivity index is 2.12. The molecular formula is C13H16BrNO5. The van der Waals surface area contributed by atoms with Crippen molar-refractivity contribution in [1.29, 1.82) is 0 Å². The maximum Gasteiger partial charge on any atom is 0.312 e. The molecule has 0 spiro atoms. The molecular weight excluding hydrogens is 330 g/mol. The average molecular weight is 346 g/mol. The first-order valence-electron chi connectivity index (χ1n) is 6.43. The Kier molecular flexibility index (Phi) is 4.95. The zero-order valence-electron chi connectivity index (χ0n) is 11.0. The van der Waals surface area contributed by atoms with Gasteiger partial charge in [-0.3, -0.25) is 10.1 Å². The van der Waals surface area contributed by atoms with Crippen LogP contribution in [0.4, 0.5) is 5.69 Å². The third-order valence-electron chi connectivity index (χ3n) is 3.15. The highest BCUT2D eigenvalue weighted by molar-refractivity contribution is 9.10. The van der Waals surface area contributed by atoms with E-state index in [0.717, 1.165) is 6.42 Å². The summed E-state index contributed by atoms with van der Waals surface area (Å²) >= 11 is 3.25. The predicted octanol–water partition coefficient (Wildman–Crippen LogP) is 2.66. The Labute approximate surface area is 125 Å². The van der Waals surface area contributed by atoms with Crippen molar-refractivity contribution in [3.05, 3.63) is 32.8 Å². The minimum Gasteiger partial charge on any atom is -0.480 e. The lowest BCUT2D eigenvalue weighted by molar-refractivity contribution is -0.386. The van der Waals surface area contributed by atoms with E-state index in [2.05, 4.69) is 15.9 Å². The van der Waals surface area contributed by atoms with Gasteiger partial charge in [-0.15, -0.1) is 0 Å². The summed E-state index contributed by atoms with van der Waals surface area (Å²) in [6.45, 7) is 2.50. The monoisotopic (exact) mass is 345 g/mol. The van der Waals surface area contributed by atoms with Gasteiger partial charge in [-0.1, -0.05) is 13.0 Å². The second-order valence-electron chi connectivity index (χ2n) is 4.64. The quantitative estimate of drug-likeness (QED) is 0.633. The van der Waals surface area contributed by atoms with Crippen LogP contribution in [0.3, 0.4) is 0 Å². The number of para-hydroxylation sites is 1. The second kappa shape index (κ2) is 6.51. The lowest BCUT2D eigenvalue weighted by atomic mass is 9.88. The second-order valence-corrected chi connectivity index (χ2v) is 5.49. The summed E-state index contributed by atoms with van der Waals surface area (Å²) in [5.41, 5.74) is -0.102. The van der Waals surface area contributed by atoms with E-state index in [1.807, 2.05) is 6.92 Å². The molecule has 1 aromatic carbocycles. The molecule has 110 valence electrons.